The highest BCUT2D eigenvalue weighted by Gasteiger charge is 1.97. The fraction of sp³-hybridized carbons (Fsp3) is 0.111. The average Bonchev–Trinajstić information content (AvgIpc) is 2.04. The second kappa shape index (κ2) is 2.44. The highest BCUT2D eigenvalue weighted by molar-refractivity contribution is 5.76. The first-order valence-electron chi connectivity index (χ1n) is 3.71. The van der Waals surface area contributed by atoms with Crippen LogP contribution in [0.4, 0.5) is 0 Å². The summed E-state index contributed by atoms with van der Waals surface area (Å²) in [6, 6.07) is 3.37. The molecule has 0 aliphatic carbocycles. The van der Waals surface area contributed by atoms with Crippen molar-refractivity contribution < 1.29 is 0 Å². The molecule has 2 aromatic rings. The third kappa shape index (κ3) is 0.993. The highest BCUT2D eigenvalue weighted by atomic mass is 16.1. The molecule has 0 aliphatic rings. The van der Waals surface area contributed by atoms with Crippen LogP contribution in [0.15, 0.2) is 29.3 Å². The summed E-state index contributed by atoms with van der Waals surface area (Å²) in [7, 11) is 0. The molecule has 2 heterocycles. The lowest BCUT2D eigenvalue weighted by atomic mass is 10.2. The van der Waals surface area contributed by atoms with Gasteiger partial charge in [0, 0.05) is 24.2 Å². The maximum Gasteiger partial charge on any atom is 0.191 e. The van der Waals surface area contributed by atoms with Crippen LogP contribution in [-0.4, -0.2) is 9.97 Å². The van der Waals surface area contributed by atoms with Crippen LogP contribution < -0.4 is 5.43 Å². The van der Waals surface area contributed by atoms with Crippen LogP contribution in [0, 0.1) is 6.92 Å². The fourth-order valence-corrected chi connectivity index (χ4v) is 1.22. The fourth-order valence-electron chi connectivity index (χ4n) is 1.22. The number of hydrogen-bond donors (Lipinski definition) is 1. The number of pyridine rings is 2. The van der Waals surface area contributed by atoms with E-state index in [4.69, 9.17) is 0 Å². The molecule has 3 heteroatoms. The van der Waals surface area contributed by atoms with Crippen molar-refractivity contribution in [2.24, 2.45) is 0 Å². The molecule has 3 nitrogen and oxygen atoms in total. The highest BCUT2D eigenvalue weighted by Crippen LogP contribution is 2.03. The smallest absolute Gasteiger partial charge is 0.191 e. The lowest BCUT2D eigenvalue weighted by molar-refractivity contribution is 1.23. The number of fused-ring (bicyclic) bond motifs is 1. The van der Waals surface area contributed by atoms with E-state index in [1.807, 2.05) is 6.92 Å². The van der Waals surface area contributed by atoms with E-state index in [1.54, 1.807) is 24.5 Å². The summed E-state index contributed by atoms with van der Waals surface area (Å²) < 4.78 is 0. The van der Waals surface area contributed by atoms with E-state index in [0.29, 0.717) is 5.39 Å². The molecule has 0 fully saturated rings. The van der Waals surface area contributed by atoms with Crippen LogP contribution in [0.5, 0.6) is 0 Å². The topological polar surface area (TPSA) is 45.8 Å². The van der Waals surface area contributed by atoms with Crippen LogP contribution in [0.1, 0.15) is 5.69 Å². The summed E-state index contributed by atoms with van der Waals surface area (Å²) in [5.74, 6) is 0. The van der Waals surface area contributed by atoms with E-state index in [-0.39, 0.29) is 5.43 Å². The third-order valence-electron chi connectivity index (χ3n) is 1.77. The number of hydrogen-bond acceptors (Lipinski definition) is 2. The summed E-state index contributed by atoms with van der Waals surface area (Å²) in [6.45, 7) is 1.86. The van der Waals surface area contributed by atoms with Gasteiger partial charge in [0.15, 0.2) is 5.43 Å². The Hall–Kier alpha value is -1.64. The van der Waals surface area contributed by atoms with Gasteiger partial charge in [-0.15, -0.1) is 0 Å². The summed E-state index contributed by atoms with van der Waals surface area (Å²) >= 11 is 0. The van der Waals surface area contributed by atoms with Crippen LogP contribution in [-0.2, 0) is 0 Å². The van der Waals surface area contributed by atoms with Gasteiger partial charge in [0.2, 0.25) is 0 Å². The van der Waals surface area contributed by atoms with Gasteiger partial charge in [-0.05, 0) is 13.0 Å². The quantitative estimate of drug-likeness (QED) is 0.630. The average molecular weight is 160 g/mol. The van der Waals surface area contributed by atoms with Crippen molar-refractivity contribution in [2.75, 3.05) is 0 Å². The summed E-state index contributed by atoms with van der Waals surface area (Å²) in [5, 5.41) is 0.642. The first kappa shape index (κ1) is 7.03. The largest absolute Gasteiger partial charge is 0.358 e. The third-order valence-corrected chi connectivity index (χ3v) is 1.77. The number of aryl methyl sites for hydroxylation is 1. The van der Waals surface area contributed by atoms with E-state index < -0.39 is 0 Å². The van der Waals surface area contributed by atoms with E-state index in [9.17, 15) is 4.79 Å². The van der Waals surface area contributed by atoms with Crippen molar-refractivity contribution in [1.29, 1.82) is 0 Å². The molecule has 1 N–H and O–H groups in total. The molecule has 2 aromatic heterocycles. The number of H-pyrrole nitrogens is 1. The molecule has 0 radical (unpaired) electrons. The van der Waals surface area contributed by atoms with Gasteiger partial charge in [-0.1, -0.05) is 0 Å². The second-order valence-corrected chi connectivity index (χ2v) is 2.74. The SMILES string of the molecule is Cc1cc(=O)c2cnccc2[nH]1. The van der Waals surface area contributed by atoms with E-state index in [0.717, 1.165) is 11.2 Å². The van der Waals surface area contributed by atoms with Crippen LogP contribution in [0.25, 0.3) is 10.9 Å². The summed E-state index contributed by atoms with van der Waals surface area (Å²) in [5.41, 5.74) is 1.74. The van der Waals surface area contributed by atoms with Gasteiger partial charge in [-0.25, -0.2) is 0 Å². The number of nitrogens with zero attached hydrogens (tertiary/aromatic N) is 1. The van der Waals surface area contributed by atoms with E-state index in [1.165, 1.54) is 0 Å². The maximum absolute atomic E-state index is 11.3. The Bertz CT molecular complexity index is 473. The van der Waals surface area contributed by atoms with Gasteiger partial charge < -0.3 is 4.98 Å². The minimum absolute atomic E-state index is 0.0225. The Morgan fingerprint density at radius 3 is 3.17 bits per heavy atom. The number of aromatic amines is 1. The lowest BCUT2D eigenvalue weighted by Gasteiger charge is -1.97. The number of aromatic nitrogens is 2. The molecule has 0 saturated heterocycles. The molecular formula is C9H8N2O. The zero-order chi connectivity index (χ0) is 8.55. The van der Waals surface area contributed by atoms with E-state index >= 15 is 0 Å². The first-order chi connectivity index (χ1) is 5.77. The number of nitrogens with one attached hydrogen (secondary N) is 1. The van der Waals surface area contributed by atoms with Crippen LogP contribution >= 0.6 is 0 Å². The minimum atomic E-state index is 0.0225. The van der Waals surface area contributed by atoms with Gasteiger partial charge in [0.1, 0.15) is 0 Å². The van der Waals surface area contributed by atoms with Crippen molar-refractivity contribution in [2.45, 2.75) is 6.92 Å². The van der Waals surface area contributed by atoms with Gasteiger partial charge in [0.25, 0.3) is 0 Å². The standard InChI is InChI=1S/C9H8N2O/c1-6-4-9(12)7-5-10-3-2-8(7)11-6/h2-5H,1H3,(H,11,12). The zero-order valence-corrected chi connectivity index (χ0v) is 6.66. The normalized spacial score (nSPS) is 10.4. The molecule has 0 amide bonds. The van der Waals surface area contributed by atoms with Crippen molar-refractivity contribution in [3.05, 3.63) is 40.4 Å². The van der Waals surface area contributed by atoms with E-state index in [2.05, 4.69) is 9.97 Å². The summed E-state index contributed by atoms with van der Waals surface area (Å²) in [4.78, 5) is 18.3. The van der Waals surface area contributed by atoms with Gasteiger partial charge in [-0.3, -0.25) is 9.78 Å². The number of rotatable bonds is 0. The van der Waals surface area contributed by atoms with Crippen molar-refractivity contribution in [1.82, 2.24) is 9.97 Å². The molecule has 0 unspecified atom stereocenters. The molecule has 0 bridgehead atoms. The Kier molecular flexibility index (Phi) is 1.43. The van der Waals surface area contributed by atoms with Gasteiger partial charge >= 0.3 is 0 Å². The Balaban J connectivity index is 2.99. The second-order valence-electron chi connectivity index (χ2n) is 2.74. The molecule has 12 heavy (non-hydrogen) atoms. The molecule has 0 atom stereocenters. The molecule has 2 rings (SSSR count). The monoisotopic (exact) mass is 160 g/mol. The molecule has 0 aromatic carbocycles. The Morgan fingerprint density at radius 2 is 2.33 bits per heavy atom. The Labute approximate surface area is 69.1 Å². The van der Waals surface area contributed by atoms with Gasteiger partial charge in [0.05, 0.1) is 10.9 Å². The summed E-state index contributed by atoms with van der Waals surface area (Å²) in [6.07, 6.45) is 3.24. The first-order valence-corrected chi connectivity index (χ1v) is 3.71. The molecular weight excluding hydrogens is 152 g/mol. The minimum Gasteiger partial charge on any atom is -0.358 e. The predicted molar refractivity (Wildman–Crippen MR) is 47.1 cm³/mol. The van der Waals surface area contributed by atoms with Gasteiger partial charge in [-0.2, -0.15) is 0 Å². The van der Waals surface area contributed by atoms with Crippen molar-refractivity contribution in [3.63, 3.8) is 0 Å². The maximum atomic E-state index is 11.3. The lowest BCUT2D eigenvalue weighted by Crippen LogP contribution is -2.02. The zero-order valence-electron chi connectivity index (χ0n) is 6.66. The van der Waals surface area contributed by atoms with Crippen LogP contribution in [0.3, 0.4) is 0 Å². The molecule has 0 spiro atoms. The van der Waals surface area contributed by atoms with Crippen molar-refractivity contribution in [3.8, 4) is 0 Å². The van der Waals surface area contributed by atoms with Crippen molar-refractivity contribution >= 4 is 10.9 Å². The Morgan fingerprint density at radius 1 is 1.50 bits per heavy atom. The molecule has 0 aliphatic heterocycles. The predicted octanol–water partition coefficient (Wildman–Crippen LogP) is 1.23. The van der Waals surface area contributed by atoms with Crippen LogP contribution in [0.2, 0.25) is 0 Å². The molecule has 0 saturated carbocycles. The molecule has 60 valence electrons.